The van der Waals surface area contributed by atoms with E-state index >= 15 is 0 Å². The Kier molecular flexibility index (Phi) is 7.71. The number of Topliss-reactive ketones (excluding diaryl/α,β-unsaturated/α-hetero) is 2. The van der Waals surface area contributed by atoms with Gasteiger partial charge in [0.05, 0.1) is 24.1 Å². The number of nitrogens with one attached hydrogen (secondary N) is 2. The van der Waals surface area contributed by atoms with Gasteiger partial charge < -0.3 is 24.9 Å². The Balaban J connectivity index is 0.000000150. The smallest absolute Gasteiger partial charge is 0.251 e. The van der Waals surface area contributed by atoms with E-state index in [1.54, 1.807) is 18.2 Å². The Morgan fingerprint density at radius 1 is 0.617 bits per heavy atom. The third-order valence-corrected chi connectivity index (χ3v) is 8.30. The predicted molar refractivity (Wildman–Crippen MR) is 185 cm³/mol. The first-order valence-electron chi connectivity index (χ1n) is 15.3. The molecule has 7 aromatic rings. The minimum Gasteiger partial charge on any atom is -0.507 e. The maximum absolute atomic E-state index is 12.3. The van der Waals surface area contributed by atoms with Crippen LogP contribution in [0.5, 0.6) is 5.75 Å². The van der Waals surface area contributed by atoms with Crippen LogP contribution in [-0.2, 0) is 13.1 Å². The Hall–Kier alpha value is -6.22. The zero-order valence-corrected chi connectivity index (χ0v) is 25.9. The van der Waals surface area contributed by atoms with Crippen molar-refractivity contribution >= 4 is 44.7 Å². The number of aromatic nitrogens is 4. The lowest BCUT2D eigenvalue weighted by Crippen LogP contribution is -2.21. The van der Waals surface area contributed by atoms with Gasteiger partial charge in [0.1, 0.15) is 28.8 Å². The number of hydrogen-bond donors (Lipinski definition) is 3. The molecule has 9 nitrogen and oxygen atoms in total. The molecule has 232 valence electrons. The highest BCUT2D eigenvalue weighted by molar-refractivity contribution is 6.52. The second-order valence-corrected chi connectivity index (χ2v) is 11.5. The largest absolute Gasteiger partial charge is 0.507 e. The molecule has 0 aliphatic heterocycles. The van der Waals surface area contributed by atoms with Crippen molar-refractivity contribution in [1.82, 2.24) is 19.9 Å². The van der Waals surface area contributed by atoms with Gasteiger partial charge in [-0.25, -0.2) is 9.97 Å². The van der Waals surface area contributed by atoms with E-state index in [1.165, 1.54) is 0 Å². The summed E-state index contributed by atoms with van der Waals surface area (Å²) in [4.78, 5) is 44.4. The monoisotopic (exact) mass is 620 g/mol. The van der Waals surface area contributed by atoms with Crippen molar-refractivity contribution < 1.29 is 14.7 Å². The summed E-state index contributed by atoms with van der Waals surface area (Å²) in [5.41, 5.74) is 5.93. The van der Waals surface area contributed by atoms with Crippen molar-refractivity contribution in [3.05, 3.63) is 138 Å². The number of ketones is 2. The fourth-order valence-electron chi connectivity index (χ4n) is 5.93. The van der Waals surface area contributed by atoms with Gasteiger partial charge in [0.2, 0.25) is 5.78 Å². The molecule has 9 heteroatoms. The molecule has 0 fully saturated rings. The molecule has 0 amide bonds. The van der Waals surface area contributed by atoms with Gasteiger partial charge in [-0.2, -0.15) is 0 Å². The summed E-state index contributed by atoms with van der Waals surface area (Å²) in [7, 11) is 4.00. The number of H-pyrrole nitrogens is 2. The number of phenolic OH excluding ortho intramolecular Hbond substituents is 1. The molecular formula is C38H32N6O3. The van der Waals surface area contributed by atoms with E-state index in [4.69, 9.17) is 4.98 Å². The molecule has 3 N–H and O–H groups in total. The average Bonchev–Trinajstić information content (AvgIpc) is 3.72. The Morgan fingerprint density at radius 3 is 1.79 bits per heavy atom. The van der Waals surface area contributed by atoms with Crippen molar-refractivity contribution in [2.45, 2.75) is 13.1 Å². The molecule has 2 aromatic heterocycles. The van der Waals surface area contributed by atoms with Crippen LogP contribution in [0, 0.1) is 0 Å². The summed E-state index contributed by atoms with van der Waals surface area (Å²) in [6, 6.07) is 36.7. The van der Waals surface area contributed by atoms with Crippen LogP contribution in [-0.4, -0.2) is 50.7 Å². The zero-order valence-electron chi connectivity index (χ0n) is 25.9. The predicted octanol–water partition coefficient (Wildman–Crippen LogP) is 7.15. The molecule has 0 atom stereocenters. The zero-order chi connectivity index (χ0) is 32.5. The van der Waals surface area contributed by atoms with Crippen LogP contribution in [0.4, 0.5) is 11.4 Å². The van der Waals surface area contributed by atoms with Crippen molar-refractivity contribution in [2.75, 3.05) is 23.9 Å². The lowest BCUT2D eigenvalue weighted by atomic mass is 9.90. The molecule has 0 saturated carbocycles. The number of carbonyl (C=O) groups excluding carboxylic acids is 2. The second kappa shape index (κ2) is 12.3. The number of para-hydroxylation sites is 2. The van der Waals surface area contributed by atoms with Crippen LogP contribution in [0.15, 0.2) is 115 Å². The number of hydrogen-bond acceptors (Lipinski definition) is 7. The normalized spacial score (nSPS) is 12.0. The second-order valence-electron chi connectivity index (χ2n) is 11.5. The van der Waals surface area contributed by atoms with Crippen molar-refractivity contribution in [3.8, 4) is 17.0 Å². The van der Waals surface area contributed by atoms with Crippen molar-refractivity contribution in [1.29, 1.82) is 0 Å². The molecule has 2 heterocycles. The standard InChI is InChI=1S/C19H15N3O2.C19H17N3O/c1-22(12-7-3-2-4-8-12)11-15-20-16-13-9-5-6-10-14(13)18(23)19(24)17(16)21-15;1-22(13-7-3-2-4-8-13)12-18-20-16-11-17(23)14-9-5-6-10-15(14)19(16)21-18/h2-10H,11H2,1H3,(H,20,21);2-11,23H,12H2,1H3,(H,20,21). The molecule has 0 radical (unpaired) electrons. The first kappa shape index (κ1) is 29.5. The number of aromatic amines is 2. The van der Waals surface area contributed by atoms with Gasteiger partial charge >= 0.3 is 0 Å². The summed E-state index contributed by atoms with van der Waals surface area (Å²) >= 11 is 0. The van der Waals surface area contributed by atoms with E-state index in [9.17, 15) is 14.7 Å². The first-order chi connectivity index (χ1) is 22.9. The molecule has 0 unspecified atom stereocenters. The van der Waals surface area contributed by atoms with Gasteiger partial charge in [0, 0.05) is 53.4 Å². The minimum atomic E-state index is -0.523. The third-order valence-electron chi connectivity index (χ3n) is 8.30. The maximum Gasteiger partial charge on any atom is 0.251 e. The lowest BCUT2D eigenvalue weighted by molar-refractivity contribution is 0.0812. The van der Waals surface area contributed by atoms with Crippen LogP contribution in [0.1, 0.15) is 32.5 Å². The average molecular weight is 621 g/mol. The summed E-state index contributed by atoms with van der Waals surface area (Å²) in [6.45, 7) is 1.19. The summed E-state index contributed by atoms with van der Waals surface area (Å²) < 4.78 is 0. The molecule has 8 rings (SSSR count). The molecule has 0 bridgehead atoms. The Morgan fingerprint density at radius 2 is 1.15 bits per heavy atom. The summed E-state index contributed by atoms with van der Waals surface area (Å²) in [6.07, 6.45) is 0. The summed E-state index contributed by atoms with van der Waals surface area (Å²) in [5, 5.41) is 12.0. The van der Waals surface area contributed by atoms with Crippen LogP contribution in [0.3, 0.4) is 0 Å². The minimum absolute atomic E-state index is 0.278. The van der Waals surface area contributed by atoms with Crippen LogP contribution < -0.4 is 9.80 Å². The van der Waals surface area contributed by atoms with Gasteiger partial charge in [-0.15, -0.1) is 0 Å². The topological polar surface area (TPSA) is 118 Å². The number of benzene rings is 5. The van der Waals surface area contributed by atoms with E-state index in [1.807, 2.05) is 104 Å². The Labute approximate surface area is 271 Å². The van der Waals surface area contributed by atoms with Crippen molar-refractivity contribution in [3.63, 3.8) is 0 Å². The lowest BCUT2D eigenvalue weighted by Gasteiger charge is -2.17. The molecule has 47 heavy (non-hydrogen) atoms. The molecule has 1 aliphatic carbocycles. The van der Waals surface area contributed by atoms with Gasteiger partial charge in [-0.3, -0.25) is 9.59 Å². The molecule has 1 aliphatic rings. The number of nitrogens with zero attached hydrogens (tertiary/aromatic N) is 4. The molecule has 0 saturated heterocycles. The number of phenols is 1. The fourth-order valence-corrected chi connectivity index (χ4v) is 5.93. The van der Waals surface area contributed by atoms with E-state index in [-0.39, 0.29) is 11.4 Å². The molecule has 5 aromatic carbocycles. The van der Waals surface area contributed by atoms with Gasteiger partial charge in [0.25, 0.3) is 5.78 Å². The van der Waals surface area contributed by atoms with Crippen molar-refractivity contribution in [2.24, 2.45) is 0 Å². The van der Waals surface area contributed by atoms with E-state index in [0.717, 1.165) is 39.0 Å². The van der Waals surface area contributed by atoms with Crippen LogP contribution in [0.2, 0.25) is 0 Å². The highest BCUT2D eigenvalue weighted by Gasteiger charge is 2.33. The molecule has 0 spiro atoms. The first-order valence-corrected chi connectivity index (χ1v) is 15.3. The molecular weight excluding hydrogens is 588 g/mol. The highest BCUT2D eigenvalue weighted by atomic mass is 16.3. The highest BCUT2D eigenvalue weighted by Crippen LogP contribution is 2.33. The van der Waals surface area contributed by atoms with Gasteiger partial charge in [-0.1, -0.05) is 84.9 Å². The van der Waals surface area contributed by atoms with E-state index in [0.29, 0.717) is 35.7 Å². The number of imidazole rings is 2. The van der Waals surface area contributed by atoms with Crippen LogP contribution in [0.25, 0.3) is 33.1 Å². The number of aromatic hydroxyl groups is 1. The van der Waals surface area contributed by atoms with E-state index in [2.05, 4.69) is 32.0 Å². The SMILES string of the molecule is CN(Cc1nc2c([nH]1)C(=O)C(=O)c1ccccc1-2)c1ccccc1.CN(Cc1nc2c(cc(O)c3ccccc32)[nH]1)c1ccccc1. The van der Waals surface area contributed by atoms with Gasteiger partial charge in [0.15, 0.2) is 0 Å². The number of anilines is 2. The number of carbonyl (C=O) groups is 2. The number of fused-ring (bicyclic) bond motifs is 6. The summed E-state index contributed by atoms with van der Waals surface area (Å²) in [5.74, 6) is 0.806. The van der Waals surface area contributed by atoms with Gasteiger partial charge in [-0.05, 0) is 24.3 Å². The van der Waals surface area contributed by atoms with Crippen LogP contribution >= 0.6 is 0 Å². The third kappa shape index (κ3) is 5.70. The fraction of sp³-hybridized carbons (Fsp3) is 0.105. The Bertz CT molecular complexity index is 2240. The maximum atomic E-state index is 12.3. The number of rotatable bonds is 6. The quantitative estimate of drug-likeness (QED) is 0.169. The van der Waals surface area contributed by atoms with E-state index < -0.39 is 11.6 Å².